The first kappa shape index (κ1) is 22.3. The first-order valence-electron chi connectivity index (χ1n) is 10.7. The molecule has 9 heteroatoms. The number of nitrogens with zero attached hydrogens (tertiary/aromatic N) is 4. The Hall–Kier alpha value is -3.88. The number of hydrogen-bond acceptors (Lipinski definition) is 6. The van der Waals surface area contributed by atoms with Crippen LogP contribution in [0, 0.1) is 6.92 Å². The first-order chi connectivity index (χ1) is 15.9. The number of piperazine rings is 1. The SMILES string of the molecule is COc1ccc(C(=O)N2CCN(C(=O)Cn3nc(C)c4ccccc4c3=O)CC2)c(OC)c1. The molecule has 0 radical (unpaired) electrons. The molecule has 2 heterocycles. The van der Waals surface area contributed by atoms with Gasteiger partial charge in [0, 0.05) is 37.6 Å². The van der Waals surface area contributed by atoms with E-state index < -0.39 is 0 Å². The van der Waals surface area contributed by atoms with E-state index in [1.807, 2.05) is 19.1 Å². The van der Waals surface area contributed by atoms with Gasteiger partial charge in [-0.25, -0.2) is 4.68 Å². The number of rotatable bonds is 5. The van der Waals surface area contributed by atoms with Gasteiger partial charge in [-0.1, -0.05) is 18.2 Å². The smallest absolute Gasteiger partial charge is 0.275 e. The summed E-state index contributed by atoms with van der Waals surface area (Å²) in [6.45, 7) is 3.22. The highest BCUT2D eigenvalue weighted by Crippen LogP contribution is 2.26. The minimum absolute atomic E-state index is 0.134. The summed E-state index contributed by atoms with van der Waals surface area (Å²) >= 11 is 0. The van der Waals surface area contributed by atoms with Gasteiger partial charge in [0.05, 0.1) is 30.9 Å². The number of carbonyl (C=O) groups excluding carboxylic acids is 2. The van der Waals surface area contributed by atoms with E-state index in [0.717, 1.165) is 5.39 Å². The number of amides is 2. The van der Waals surface area contributed by atoms with Crippen molar-refractivity contribution < 1.29 is 19.1 Å². The summed E-state index contributed by atoms with van der Waals surface area (Å²) in [5.74, 6) is 0.680. The van der Waals surface area contributed by atoms with E-state index in [4.69, 9.17) is 9.47 Å². The lowest BCUT2D eigenvalue weighted by atomic mass is 10.1. The predicted molar refractivity (Wildman–Crippen MR) is 123 cm³/mol. The highest BCUT2D eigenvalue weighted by Gasteiger charge is 2.27. The normalized spacial score (nSPS) is 13.8. The highest BCUT2D eigenvalue weighted by atomic mass is 16.5. The van der Waals surface area contributed by atoms with Crippen molar-refractivity contribution in [2.75, 3.05) is 40.4 Å². The molecule has 9 nitrogen and oxygen atoms in total. The van der Waals surface area contributed by atoms with Crippen molar-refractivity contribution >= 4 is 22.6 Å². The fraction of sp³-hybridized carbons (Fsp3) is 0.333. The number of hydrogen-bond donors (Lipinski definition) is 0. The molecule has 4 rings (SSSR count). The molecule has 1 fully saturated rings. The van der Waals surface area contributed by atoms with Crippen molar-refractivity contribution in [3.05, 3.63) is 64.1 Å². The molecule has 1 saturated heterocycles. The lowest BCUT2D eigenvalue weighted by molar-refractivity contribution is -0.133. The molecular weight excluding hydrogens is 424 g/mol. The van der Waals surface area contributed by atoms with Gasteiger partial charge < -0.3 is 19.3 Å². The molecular formula is C24H26N4O5. The number of carbonyl (C=O) groups is 2. The van der Waals surface area contributed by atoms with Crippen molar-refractivity contribution in [3.63, 3.8) is 0 Å². The van der Waals surface area contributed by atoms with Crippen LogP contribution in [0.2, 0.25) is 0 Å². The summed E-state index contributed by atoms with van der Waals surface area (Å²) in [6.07, 6.45) is 0. The fourth-order valence-electron chi connectivity index (χ4n) is 4.04. The van der Waals surface area contributed by atoms with Gasteiger partial charge in [-0.2, -0.15) is 5.10 Å². The monoisotopic (exact) mass is 450 g/mol. The maximum Gasteiger partial charge on any atom is 0.275 e. The van der Waals surface area contributed by atoms with Gasteiger partial charge in [0.2, 0.25) is 5.91 Å². The Bertz CT molecular complexity index is 1260. The van der Waals surface area contributed by atoms with E-state index in [1.165, 1.54) is 11.8 Å². The molecule has 172 valence electrons. The van der Waals surface area contributed by atoms with Gasteiger partial charge in [0.1, 0.15) is 18.0 Å². The second kappa shape index (κ2) is 9.32. The summed E-state index contributed by atoms with van der Waals surface area (Å²) < 4.78 is 11.8. The standard InChI is InChI=1S/C24H26N4O5/c1-16-18-6-4-5-7-19(18)24(31)28(25-16)15-22(29)26-10-12-27(13-11-26)23(30)20-9-8-17(32-2)14-21(20)33-3/h4-9,14H,10-13,15H2,1-3H3. The molecule has 1 aliphatic heterocycles. The summed E-state index contributed by atoms with van der Waals surface area (Å²) in [5, 5.41) is 5.65. The van der Waals surface area contributed by atoms with Crippen molar-refractivity contribution in [3.8, 4) is 11.5 Å². The zero-order chi connectivity index (χ0) is 23.5. The molecule has 2 amide bonds. The third-order valence-corrected chi connectivity index (χ3v) is 5.90. The van der Waals surface area contributed by atoms with Crippen molar-refractivity contribution in [2.24, 2.45) is 0 Å². The third kappa shape index (κ3) is 4.39. The molecule has 0 aliphatic carbocycles. The van der Waals surface area contributed by atoms with Gasteiger partial charge in [-0.15, -0.1) is 0 Å². The second-order valence-corrected chi connectivity index (χ2v) is 7.83. The van der Waals surface area contributed by atoms with Gasteiger partial charge in [0.25, 0.3) is 11.5 Å². The summed E-state index contributed by atoms with van der Waals surface area (Å²) in [4.78, 5) is 42.0. The first-order valence-corrected chi connectivity index (χ1v) is 10.7. The Morgan fingerprint density at radius 2 is 1.61 bits per heavy atom. The van der Waals surface area contributed by atoms with E-state index in [-0.39, 0.29) is 23.9 Å². The van der Waals surface area contributed by atoms with Crippen LogP contribution in [0.15, 0.2) is 47.3 Å². The molecule has 0 unspecified atom stereocenters. The van der Waals surface area contributed by atoms with Crippen LogP contribution >= 0.6 is 0 Å². The number of aromatic nitrogens is 2. The van der Waals surface area contributed by atoms with Gasteiger partial charge in [-0.05, 0) is 25.1 Å². The summed E-state index contributed by atoms with van der Waals surface area (Å²) in [5.41, 5.74) is 0.854. The zero-order valence-electron chi connectivity index (χ0n) is 18.9. The Kier molecular flexibility index (Phi) is 6.30. The van der Waals surface area contributed by atoms with Crippen LogP contribution in [0.25, 0.3) is 10.8 Å². The Morgan fingerprint density at radius 3 is 2.27 bits per heavy atom. The Morgan fingerprint density at radius 1 is 0.939 bits per heavy atom. The Balaban J connectivity index is 1.43. The van der Waals surface area contributed by atoms with Gasteiger partial charge in [-0.3, -0.25) is 14.4 Å². The third-order valence-electron chi connectivity index (χ3n) is 5.90. The Labute approximate surface area is 191 Å². The molecule has 0 bridgehead atoms. The van der Waals surface area contributed by atoms with Crippen molar-refractivity contribution in [1.82, 2.24) is 19.6 Å². The lowest BCUT2D eigenvalue weighted by Gasteiger charge is -2.35. The van der Waals surface area contributed by atoms with Crippen molar-refractivity contribution in [2.45, 2.75) is 13.5 Å². The van der Waals surface area contributed by atoms with E-state index in [0.29, 0.717) is 54.3 Å². The van der Waals surface area contributed by atoms with Crippen LogP contribution in [-0.4, -0.2) is 71.8 Å². The molecule has 1 aromatic heterocycles. The topological polar surface area (TPSA) is 94.0 Å². The zero-order valence-corrected chi connectivity index (χ0v) is 18.9. The molecule has 0 spiro atoms. The molecule has 33 heavy (non-hydrogen) atoms. The van der Waals surface area contributed by atoms with E-state index in [1.54, 1.807) is 47.2 Å². The number of fused-ring (bicyclic) bond motifs is 1. The fourth-order valence-corrected chi connectivity index (χ4v) is 4.04. The lowest BCUT2D eigenvalue weighted by Crippen LogP contribution is -2.51. The highest BCUT2D eigenvalue weighted by molar-refractivity contribution is 5.97. The van der Waals surface area contributed by atoms with Gasteiger partial charge >= 0.3 is 0 Å². The van der Waals surface area contributed by atoms with Crippen LogP contribution in [0.5, 0.6) is 11.5 Å². The summed E-state index contributed by atoms with van der Waals surface area (Å²) in [7, 11) is 3.06. The summed E-state index contributed by atoms with van der Waals surface area (Å²) in [6, 6.07) is 12.3. The maximum absolute atomic E-state index is 13.0. The number of aryl methyl sites for hydroxylation is 1. The van der Waals surface area contributed by atoms with E-state index in [2.05, 4.69) is 5.10 Å². The molecule has 0 N–H and O–H groups in total. The second-order valence-electron chi connectivity index (χ2n) is 7.83. The van der Waals surface area contributed by atoms with Crippen LogP contribution in [0.4, 0.5) is 0 Å². The average molecular weight is 450 g/mol. The number of benzene rings is 2. The van der Waals surface area contributed by atoms with Crippen LogP contribution < -0.4 is 15.0 Å². The van der Waals surface area contributed by atoms with Crippen LogP contribution in [0.1, 0.15) is 16.1 Å². The maximum atomic E-state index is 13.0. The van der Waals surface area contributed by atoms with Crippen LogP contribution in [-0.2, 0) is 11.3 Å². The van der Waals surface area contributed by atoms with Gasteiger partial charge in [0.15, 0.2) is 0 Å². The largest absolute Gasteiger partial charge is 0.497 e. The van der Waals surface area contributed by atoms with E-state index in [9.17, 15) is 14.4 Å². The molecule has 0 saturated carbocycles. The van der Waals surface area contributed by atoms with Crippen LogP contribution in [0.3, 0.4) is 0 Å². The molecule has 1 aliphatic rings. The predicted octanol–water partition coefficient (Wildman–Crippen LogP) is 1.71. The molecule has 3 aromatic rings. The van der Waals surface area contributed by atoms with Crippen molar-refractivity contribution in [1.29, 1.82) is 0 Å². The van der Waals surface area contributed by atoms with E-state index >= 15 is 0 Å². The molecule has 2 aromatic carbocycles. The number of ether oxygens (including phenoxy) is 2. The average Bonchev–Trinajstić information content (AvgIpc) is 2.86. The minimum Gasteiger partial charge on any atom is -0.497 e. The minimum atomic E-state index is -0.287. The molecule has 0 atom stereocenters. The number of methoxy groups -OCH3 is 2. The quantitative estimate of drug-likeness (QED) is 0.588.